The summed E-state index contributed by atoms with van der Waals surface area (Å²) >= 11 is 0. The number of allylic oxidation sites excluding steroid dienone is 2. The number of nitrogens with zero attached hydrogens (tertiary/aromatic N) is 1. The first-order valence-corrected chi connectivity index (χ1v) is 11.4. The van der Waals surface area contributed by atoms with Crippen molar-refractivity contribution in [3.63, 3.8) is 0 Å². The maximum Gasteiger partial charge on any atom is 0.283 e. The summed E-state index contributed by atoms with van der Waals surface area (Å²) in [5.41, 5.74) is 3.42. The third-order valence-corrected chi connectivity index (χ3v) is 6.63. The van der Waals surface area contributed by atoms with Crippen molar-refractivity contribution in [2.75, 3.05) is 12.4 Å². The standard InChI is InChI=1S/C25H22N2O4S/c1-16-12-13-24(17(2)14-16)32(29,30)27-21-15-22(25(28)19-9-5-4-8-18(19)21)26-20-10-6-7-11-23(20)31-3/h4-15,26H,1-3H3. The van der Waals surface area contributed by atoms with E-state index < -0.39 is 10.0 Å². The number of methoxy groups -OCH3 is 1. The van der Waals surface area contributed by atoms with Gasteiger partial charge in [0.2, 0.25) is 5.78 Å². The van der Waals surface area contributed by atoms with Crippen LogP contribution in [0.15, 0.2) is 87.8 Å². The second-order valence-electron chi connectivity index (χ2n) is 7.48. The lowest BCUT2D eigenvalue weighted by atomic mass is 9.92. The molecule has 162 valence electrons. The Kier molecular flexibility index (Phi) is 5.67. The van der Waals surface area contributed by atoms with Gasteiger partial charge in [-0.2, -0.15) is 12.8 Å². The molecule has 1 N–H and O–H groups in total. The molecule has 3 aromatic carbocycles. The Morgan fingerprint density at radius 3 is 2.31 bits per heavy atom. The van der Waals surface area contributed by atoms with Crippen molar-refractivity contribution in [1.82, 2.24) is 0 Å². The van der Waals surface area contributed by atoms with Crippen LogP contribution in [0.25, 0.3) is 0 Å². The number of nitrogens with one attached hydrogen (secondary N) is 1. The van der Waals surface area contributed by atoms with Crippen LogP contribution in [-0.2, 0) is 10.0 Å². The molecule has 0 fully saturated rings. The van der Waals surface area contributed by atoms with E-state index >= 15 is 0 Å². The number of ketones is 1. The average Bonchev–Trinajstić information content (AvgIpc) is 2.77. The molecular weight excluding hydrogens is 424 g/mol. The summed E-state index contributed by atoms with van der Waals surface area (Å²) in [5.74, 6) is 0.302. The van der Waals surface area contributed by atoms with Gasteiger partial charge in [0, 0.05) is 11.1 Å². The van der Waals surface area contributed by atoms with Gasteiger partial charge in [0.1, 0.15) is 5.75 Å². The van der Waals surface area contributed by atoms with Gasteiger partial charge >= 0.3 is 0 Å². The summed E-state index contributed by atoms with van der Waals surface area (Å²) in [7, 11) is -2.46. The van der Waals surface area contributed by atoms with Crippen LogP contribution in [0, 0.1) is 13.8 Å². The van der Waals surface area contributed by atoms with Gasteiger partial charge in [-0.05, 0) is 43.7 Å². The van der Waals surface area contributed by atoms with E-state index in [1.807, 2.05) is 19.1 Å². The lowest BCUT2D eigenvalue weighted by Gasteiger charge is -2.19. The molecule has 0 unspecified atom stereocenters. The molecule has 3 aromatic rings. The van der Waals surface area contributed by atoms with Crippen molar-refractivity contribution in [3.8, 4) is 5.75 Å². The quantitative estimate of drug-likeness (QED) is 0.615. The third kappa shape index (κ3) is 4.07. The fourth-order valence-electron chi connectivity index (χ4n) is 3.66. The Bertz CT molecular complexity index is 1390. The van der Waals surface area contributed by atoms with Gasteiger partial charge in [-0.15, -0.1) is 0 Å². The number of sulfonamides is 1. The van der Waals surface area contributed by atoms with E-state index in [2.05, 4.69) is 9.71 Å². The van der Waals surface area contributed by atoms with E-state index in [4.69, 9.17) is 4.74 Å². The molecule has 1 aliphatic rings. The lowest BCUT2D eigenvalue weighted by Crippen LogP contribution is -2.23. The first kappa shape index (κ1) is 21.5. The summed E-state index contributed by atoms with van der Waals surface area (Å²) in [4.78, 5) is 13.3. The number of carbonyl (C=O) groups is 1. The van der Waals surface area contributed by atoms with Crippen LogP contribution in [0.4, 0.5) is 5.69 Å². The highest BCUT2D eigenvalue weighted by Crippen LogP contribution is 2.29. The number of rotatable bonds is 5. The van der Waals surface area contributed by atoms with E-state index in [1.54, 1.807) is 61.5 Å². The molecule has 0 heterocycles. The Morgan fingerprint density at radius 2 is 1.59 bits per heavy atom. The fraction of sp³-hybridized carbons (Fsp3) is 0.120. The number of fused-ring (bicyclic) bond motifs is 1. The number of carbonyl (C=O) groups excluding carboxylic acids is 1. The molecule has 32 heavy (non-hydrogen) atoms. The highest BCUT2D eigenvalue weighted by atomic mass is 32.2. The average molecular weight is 447 g/mol. The number of para-hydroxylation sites is 2. The lowest BCUT2D eigenvalue weighted by molar-refractivity contribution is 0.103. The highest BCUT2D eigenvalue weighted by molar-refractivity contribution is 7.90. The zero-order valence-electron chi connectivity index (χ0n) is 17.9. The summed E-state index contributed by atoms with van der Waals surface area (Å²) in [5, 5.41) is 3.08. The van der Waals surface area contributed by atoms with Crippen molar-refractivity contribution in [3.05, 3.63) is 101 Å². The minimum Gasteiger partial charge on any atom is -0.495 e. The van der Waals surface area contributed by atoms with E-state index in [0.29, 0.717) is 28.1 Å². The van der Waals surface area contributed by atoms with Crippen LogP contribution in [-0.4, -0.2) is 27.0 Å². The van der Waals surface area contributed by atoms with Crippen molar-refractivity contribution in [1.29, 1.82) is 0 Å². The molecular formula is C25H22N2O4S. The van der Waals surface area contributed by atoms with Crippen LogP contribution >= 0.6 is 0 Å². The molecule has 0 radical (unpaired) electrons. The number of ether oxygens (including phenoxy) is 1. The molecule has 0 aliphatic heterocycles. The number of hydrogen-bond donors (Lipinski definition) is 1. The minimum absolute atomic E-state index is 0.137. The maximum atomic E-state index is 13.1. The van der Waals surface area contributed by atoms with E-state index in [9.17, 15) is 13.2 Å². The zero-order chi connectivity index (χ0) is 22.9. The molecule has 0 atom stereocenters. The zero-order valence-corrected chi connectivity index (χ0v) is 18.7. The Labute approximate surface area is 187 Å². The van der Waals surface area contributed by atoms with E-state index in [1.165, 1.54) is 13.2 Å². The second-order valence-corrected chi connectivity index (χ2v) is 9.05. The van der Waals surface area contributed by atoms with Crippen LogP contribution in [0.1, 0.15) is 27.0 Å². The van der Waals surface area contributed by atoms with E-state index in [0.717, 1.165) is 5.56 Å². The Balaban J connectivity index is 1.84. The largest absolute Gasteiger partial charge is 0.495 e. The first-order valence-electron chi connectivity index (χ1n) is 9.98. The normalized spacial score (nSPS) is 14.7. The van der Waals surface area contributed by atoms with E-state index in [-0.39, 0.29) is 22.1 Å². The van der Waals surface area contributed by atoms with Crippen LogP contribution in [0.5, 0.6) is 5.75 Å². The molecule has 4 rings (SSSR count). The van der Waals surface area contributed by atoms with Crippen molar-refractivity contribution < 1.29 is 17.9 Å². The summed E-state index contributed by atoms with van der Waals surface area (Å²) in [6.45, 7) is 3.64. The molecule has 0 saturated heterocycles. The first-order chi connectivity index (χ1) is 15.3. The predicted molar refractivity (Wildman–Crippen MR) is 125 cm³/mol. The van der Waals surface area contributed by atoms with Crippen molar-refractivity contribution in [2.24, 2.45) is 4.40 Å². The number of Topliss-reactive ketones (excluding diaryl/α,β-unsaturated/α-hetero) is 1. The van der Waals surface area contributed by atoms with Crippen molar-refractivity contribution >= 4 is 27.2 Å². The molecule has 0 aromatic heterocycles. The number of hydrogen-bond acceptors (Lipinski definition) is 5. The molecule has 1 aliphatic carbocycles. The summed E-state index contributed by atoms with van der Waals surface area (Å²) in [6, 6.07) is 19.1. The smallest absolute Gasteiger partial charge is 0.283 e. The minimum atomic E-state index is -4.00. The molecule has 0 spiro atoms. The van der Waals surface area contributed by atoms with Gasteiger partial charge in [0.15, 0.2) is 0 Å². The number of anilines is 1. The summed E-state index contributed by atoms with van der Waals surface area (Å²) in [6.07, 6.45) is 1.47. The third-order valence-electron chi connectivity index (χ3n) is 5.18. The maximum absolute atomic E-state index is 13.1. The number of aryl methyl sites for hydroxylation is 2. The topological polar surface area (TPSA) is 84.8 Å². The van der Waals surface area contributed by atoms with Gasteiger partial charge in [0.05, 0.1) is 29.1 Å². The van der Waals surface area contributed by atoms with Gasteiger partial charge in [0.25, 0.3) is 10.0 Å². The Hall–Kier alpha value is -3.71. The molecule has 7 heteroatoms. The molecule has 0 bridgehead atoms. The molecule has 6 nitrogen and oxygen atoms in total. The highest BCUT2D eigenvalue weighted by Gasteiger charge is 2.27. The van der Waals surface area contributed by atoms with Gasteiger partial charge in [-0.1, -0.05) is 54.1 Å². The van der Waals surface area contributed by atoms with Crippen molar-refractivity contribution in [2.45, 2.75) is 18.7 Å². The van der Waals surface area contributed by atoms with Crippen LogP contribution in [0.3, 0.4) is 0 Å². The van der Waals surface area contributed by atoms with Crippen LogP contribution < -0.4 is 10.1 Å². The second kappa shape index (κ2) is 8.43. The van der Waals surface area contributed by atoms with Gasteiger partial charge in [-0.25, -0.2) is 0 Å². The van der Waals surface area contributed by atoms with Crippen LogP contribution in [0.2, 0.25) is 0 Å². The molecule has 0 amide bonds. The Morgan fingerprint density at radius 1 is 0.906 bits per heavy atom. The molecule has 0 saturated carbocycles. The fourth-order valence-corrected chi connectivity index (χ4v) is 4.87. The monoisotopic (exact) mass is 446 g/mol. The van der Waals surface area contributed by atoms with Gasteiger partial charge in [-0.3, -0.25) is 4.79 Å². The summed E-state index contributed by atoms with van der Waals surface area (Å²) < 4.78 is 35.8. The number of benzene rings is 3. The van der Waals surface area contributed by atoms with Gasteiger partial charge < -0.3 is 10.1 Å². The predicted octanol–water partition coefficient (Wildman–Crippen LogP) is 4.68. The SMILES string of the molecule is COc1ccccc1NC1=CC(=NS(=O)(=O)c2ccc(C)cc2C)c2ccccc2C1=O.